The van der Waals surface area contributed by atoms with Gasteiger partial charge in [0.1, 0.15) is 23.2 Å². The van der Waals surface area contributed by atoms with Gasteiger partial charge in [0.15, 0.2) is 5.82 Å². The monoisotopic (exact) mass is 462 g/mol. The summed E-state index contributed by atoms with van der Waals surface area (Å²) in [6.45, 7) is 1.98. The van der Waals surface area contributed by atoms with Crippen LogP contribution in [-0.2, 0) is 6.42 Å². The first kappa shape index (κ1) is 21.9. The second-order valence-electron chi connectivity index (χ2n) is 6.90. The molecule has 0 saturated heterocycles. The first-order valence-electron chi connectivity index (χ1n) is 9.92. The Balaban J connectivity index is 0.000000172. The molecule has 4 N–H and O–H groups in total. The minimum absolute atomic E-state index is 0.0630. The van der Waals surface area contributed by atoms with Gasteiger partial charge in [0, 0.05) is 6.42 Å². The first-order chi connectivity index (χ1) is 15.9. The molecule has 0 aliphatic heterocycles. The summed E-state index contributed by atoms with van der Waals surface area (Å²) in [5.41, 5.74) is 12.4. The van der Waals surface area contributed by atoms with Crippen molar-refractivity contribution in [3.63, 3.8) is 0 Å². The van der Waals surface area contributed by atoms with Gasteiger partial charge in [-0.25, -0.2) is 9.97 Å². The number of nitrogens with zero attached hydrogens (tertiary/aromatic N) is 6. The SMILES string of the molecule is CCc1nc2cccc(Cl)c2c(=O)n1-c1ccccc1.NC(=O)c1c(N)nn2ncncc12. The minimum Gasteiger partial charge on any atom is -0.381 e. The molecule has 0 atom stereocenters. The molecule has 3 aromatic heterocycles. The second kappa shape index (κ2) is 9.05. The lowest BCUT2D eigenvalue weighted by Gasteiger charge is -2.12. The highest BCUT2D eigenvalue weighted by Crippen LogP contribution is 2.20. The fourth-order valence-electron chi connectivity index (χ4n) is 3.39. The number of aryl methyl sites for hydroxylation is 1. The van der Waals surface area contributed by atoms with Gasteiger partial charge < -0.3 is 11.5 Å². The quantitative estimate of drug-likeness (QED) is 0.418. The molecule has 10 nitrogen and oxygen atoms in total. The van der Waals surface area contributed by atoms with Crippen molar-refractivity contribution < 1.29 is 4.79 Å². The zero-order valence-electron chi connectivity index (χ0n) is 17.5. The number of nitrogen functional groups attached to an aromatic ring is 1. The number of nitrogens with two attached hydrogens (primary N) is 2. The molecule has 0 radical (unpaired) electrons. The smallest absolute Gasteiger partial charge is 0.267 e. The Morgan fingerprint density at radius 3 is 2.58 bits per heavy atom. The number of amides is 1. The summed E-state index contributed by atoms with van der Waals surface area (Å²) in [4.78, 5) is 32.0. The number of para-hydroxylation sites is 1. The van der Waals surface area contributed by atoms with Gasteiger partial charge in [-0.1, -0.05) is 42.8 Å². The van der Waals surface area contributed by atoms with Gasteiger partial charge in [-0.2, -0.15) is 0 Å². The van der Waals surface area contributed by atoms with Crippen LogP contribution in [0.3, 0.4) is 0 Å². The van der Waals surface area contributed by atoms with Gasteiger partial charge in [-0.15, -0.1) is 14.8 Å². The van der Waals surface area contributed by atoms with Crippen LogP contribution in [0.15, 0.2) is 65.8 Å². The summed E-state index contributed by atoms with van der Waals surface area (Å²) in [6.07, 6.45) is 3.40. The minimum atomic E-state index is -0.637. The second-order valence-corrected chi connectivity index (χ2v) is 7.31. The molecular formula is C22H19ClN8O2. The lowest BCUT2D eigenvalue weighted by molar-refractivity contribution is 0.100. The molecule has 1 amide bonds. The number of hydrogen-bond donors (Lipinski definition) is 2. The third-order valence-corrected chi connectivity index (χ3v) is 5.16. The number of carbonyl (C=O) groups is 1. The van der Waals surface area contributed by atoms with E-state index < -0.39 is 5.91 Å². The van der Waals surface area contributed by atoms with Crippen LogP contribution in [-0.4, -0.2) is 35.3 Å². The van der Waals surface area contributed by atoms with E-state index in [2.05, 4.69) is 20.2 Å². The van der Waals surface area contributed by atoms with Crippen LogP contribution in [0.2, 0.25) is 5.02 Å². The van der Waals surface area contributed by atoms with Crippen molar-refractivity contribution in [3.8, 4) is 5.69 Å². The molecule has 2 aromatic carbocycles. The molecule has 3 heterocycles. The number of rotatable bonds is 3. The van der Waals surface area contributed by atoms with Crippen LogP contribution in [0.5, 0.6) is 0 Å². The van der Waals surface area contributed by atoms with Crippen molar-refractivity contribution in [3.05, 3.63) is 87.8 Å². The summed E-state index contributed by atoms with van der Waals surface area (Å²) in [5.74, 6) is 0.159. The predicted octanol–water partition coefficient (Wildman–Crippen LogP) is 2.41. The normalized spacial score (nSPS) is 10.7. The number of fused-ring (bicyclic) bond motifs is 2. The van der Waals surface area contributed by atoms with Crippen molar-refractivity contribution in [1.82, 2.24) is 29.4 Å². The molecule has 0 aliphatic carbocycles. The molecule has 33 heavy (non-hydrogen) atoms. The van der Waals surface area contributed by atoms with Gasteiger partial charge in [0.2, 0.25) is 0 Å². The fourth-order valence-corrected chi connectivity index (χ4v) is 3.64. The van der Waals surface area contributed by atoms with Crippen LogP contribution in [0.4, 0.5) is 5.82 Å². The van der Waals surface area contributed by atoms with Crippen molar-refractivity contribution >= 4 is 39.7 Å². The number of benzene rings is 2. The van der Waals surface area contributed by atoms with Gasteiger partial charge in [-0.05, 0) is 24.3 Å². The fraction of sp³-hybridized carbons (Fsp3) is 0.0909. The Morgan fingerprint density at radius 2 is 1.88 bits per heavy atom. The number of halogens is 1. The van der Waals surface area contributed by atoms with E-state index in [-0.39, 0.29) is 16.9 Å². The largest absolute Gasteiger partial charge is 0.381 e. The van der Waals surface area contributed by atoms with Crippen molar-refractivity contribution in [2.75, 3.05) is 5.73 Å². The van der Waals surface area contributed by atoms with Gasteiger partial charge in [0.25, 0.3) is 11.5 Å². The molecule has 0 bridgehead atoms. The number of hydrogen-bond acceptors (Lipinski definition) is 7. The molecule has 0 spiro atoms. The number of primary amides is 1. The molecule has 0 unspecified atom stereocenters. The van der Waals surface area contributed by atoms with E-state index in [9.17, 15) is 9.59 Å². The lowest BCUT2D eigenvalue weighted by Crippen LogP contribution is -2.23. The van der Waals surface area contributed by atoms with Crippen LogP contribution in [0.25, 0.3) is 22.1 Å². The number of aromatic nitrogens is 6. The highest BCUT2D eigenvalue weighted by atomic mass is 35.5. The van der Waals surface area contributed by atoms with Gasteiger partial charge >= 0.3 is 0 Å². The molecule has 0 saturated carbocycles. The summed E-state index contributed by atoms with van der Waals surface area (Å²) in [6, 6.07) is 14.8. The summed E-state index contributed by atoms with van der Waals surface area (Å²) < 4.78 is 2.84. The highest BCUT2D eigenvalue weighted by Gasteiger charge is 2.15. The topological polar surface area (TPSA) is 147 Å². The molecule has 5 rings (SSSR count). The average Bonchev–Trinajstić information content (AvgIpc) is 3.15. The lowest BCUT2D eigenvalue weighted by atomic mass is 10.2. The van der Waals surface area contributed by atoms with Crippen molar-refractivity contribution in [2.24, 2.45) is 5.73 Å². The molecule has 0 aliphatic rings. The summed E-state index contributed by atoms with van der Waals surface area (Å²) in [7, 11) is 0. The molecule has 0 fully saturated rings. The van der Waals surface area contributed by atoms with Crippen molar-refractivity contribution in [2.45, 2.75) is 13.3 Å². The zero-order chi connectivity index (χ0) is 23.5. The van der Waals surface area contributed by atoms with Crippen LogP contribution in [0.1, 0.15) is 23.1 Å². The van der Waals surface area contributed by atoms with Crippen LogP contribution < -0.4 is 17.0 Å². The molecule has 5 aromatic rings. The Bertz CT molecular complexity index is 1530. The van der Waals surface area contributed by atoms with Crippen LogP contribution in [0, 0.1) is 0 Å². The zero-order valence-corrected chi connectivity index (χ0v) is 18.3. The average molecular weight is 463 g/mol. The van der Waals surface area contributed by atoms with E-state index in [0.29, 0.717) is 27.9 Å². The standard InChI is InChI=1S/C16H13ClN2O.C6H6N6O/c1-2-14-18-13-10-6-9-12(17)15(13)16(20)19(14)11-7-4-3-5-8-11;7-5-4(6(8)13)3-1-9-2-10-12(3)11-5/h3-10H,2H2,1H3;1-2H,(H2,7,11)(H2,8,13). The van der Waals surface area contributed by atoms with E-state index in [4.69, 9.17) is 23.1 Å². The van der Waals surface area contributed by atoms with E-state index >= 15 is 0 Å². The van der Waals surface area contributed by atoms with E-state index in [1.54, 1.807) is 10.6 Å². The Hall–Kier alpha value is -4.31. The maximum Gasteiger partial charge on any atom is 0.267 e. The maximum absolute atomic E-state index is 12.8. The molecule has 11 heteroatoms. The van der Waals surface area contributed by atoms with Crippen LogP contribution >= 0.6 is 11.6 Å². The Morgan fingerprint density at radius 1 is 1.12 bits per heavy atom. The highest BCUT2D eigenvalue weighted by molar-refractivity contribution is 6.35. The maximum atomic E-state index is 12.8. The van der Waals surface area contributed by atoms with E-state index in [0.717, 1.165) is 11.5 Å². The Kier molecular flexibility index (Phi) is 6.01. The molecule has 166 valence electrons. The van der Waals surface area contributed by atoms with E-state index in [1.807, 2.05) is 49.4 Å². The molecular weight excluding hydrogens is 444 g/mol. The first-order valence-corrected chi connectivity index (χ1v) is 10.3. The van der Waals surface area contributed by atoms with Crippen molar-refractivity contribution in [1.29, 1.82) is 0 Å². The van der Waals surface area contributed by atoms with E-state index in [1.165, 1.54) is 17.2 Å². The van der Waals surface area contributed by atoms with Gasteiger partial charge in [-0.3, -0.25) is 14.2 Å². The number of anilines is 1. The summed E-state index contributed by atoms with van der Waals surface area (Å²) >= 11 is 6.16. The third-order valence-electron chi connectivity index (χ3n) is 4.85. The predicted molar refractivity (Wildman–Crippen MR) is 125 cm³/mol. The van der Waals surface area contributed by atoms with Gasteiger partial charge in [0.05, 0.1) is 27.8 Å². The Labute approximate surface area is 192 Å². The third kappa shape index (κ3) is 4.11. The number of carbonyl (C=O) groups excluding carboxylic acids is 1. The summed E-state index contributed by atoms with van der Waals surface area (Å²) in [5, 5.41) is 8.43.